The van der Waals surface area contributed by atoms with Crippen LogP contribution in [0.3, 0.4) is 0 Å². The molecule has 7 heteroatoms. The van der Waals surface area contributed by atoms with Gasteiger partial charge in [-0.1, -0.05) is 34.1 Å². The molecule has 0 saturated carbocycles. The molecular formula is C18H16BrN3O3. The Morgan fingerprint density at radius 3 is 2.80 bits per heavy atom. The molecule has 1 aliphatic heterocycles. The summed E-state index contributed by atoms with van der Waals surface area (Å²) >= 11 is 3.30. The minimum absolute atomic E-state index is 0.0625. The molecule has 2 amide bonds. The number of hydrazone groups is 1. The van der Waals surface area contributed by atoms with Gasteiger partial charge in [-0.15, -0.1) is 0 Å². The Morgan fingerprint density at radius 1 is 1.28 bits per heavy atom. The third-order valence-corrected chi connectivity index (χ3v) is 4.42. The average Bonchev–Trinajstić information content (AvgIpc) is 3.00. The molecule has 2 N–H and O–H groups in total. The molecule has 3 rings (SSSR count). The molecule has 0 radical (unpaired) electrons. The Bertz CT molecular complexity index is 824. The molecule has 0 spiro atoms. The van der Waals surface area contributed by atoms with Crippen LogP contribution >= 0.6 is 15.9 Å². The predicted molar refractivity (Wildman–Crippen MR) is 98.4 cm³/mol. The van der Waals surface area contributed by atoms with Crippen molar-refractivity contribution >= 4 is 39.6 Å². The summed E-state index contributed by atoms with van der Waals surface area (Å²) in [4.78, 5) is 26.0. The van der Waals surface area contributed by atoms with E-state index in [-0.39, 0.29) is 24.0 Å². The minimum Gasteiger partial charge on any atom is -0.507 e. The second-order valence-corrected chi connectivity index (χ2v) is 6.59. The number of halogens is 1. The maximum atomic E-state index is 12.2. The van der Waals surface area contributed by atoms with Crippen molar-refractivity contribution in [3.05, 3.63) is 58.6 Å². The number of nitrogens with one attached hydrogen (secondary N) is 1. The molecule has 0 unspecified atom stereocenters. The standard InChI is InChI=1S/C18H16BrN3O3/c19-14-6-7-16(23)12(8-14)10-20-21-18(25)13-9-17(24)22(11-13)15-4-2-1-3-5-15/h1-8,10,13,23H,9,11H2,(H,21,25)/b20-10-/t13-/m1/s1. The van der Waals surface area contributed by atoms with Gasteiger partial charge in [-0.25, -0.2) is 5.43 Å². The zero-order valence-electron chi connectivity index (χ0n) is 13.2. The summed E-state index contributed by atoms with van der Waals surface area (Å²) in [6, 6.07) is 14.2. The number of nitrogens with zero attached hydrogens (tertiary/aromatic N) is 2. The van der Waals surface area contributed by atoms with Gasteiger partial charge in [0.25, 0.3) is 0 Å². The number of hydrogen-bond donors (Lipinski definition) is 2. The lowest BCUT2D eigenvalue weighted by atomic mass is 10.1. The van der Waals surface area contributed by atoms with Crippen LogP contribution in [0.4, 0.5) is 5.69 Å². The highest BCUT2D eigenvalue weighted by Gasteiger charge is 2.34. The molecule has 1 aliphatic rings. The van der Waals surface area contributed by atoms with Crippen molar-refractivity contribution < 1.29 is 14.7 Å². The lowest BCUT2D eigenvalue weighted by Gasteiger charge is -2.16. The Morgan fingerprint density at radius 2 is 2.04 bits per heavy atom. The molecule has 1 heterocycles. The Kier molecular flexibility index (Phi) is 5.14. The molecule has 1 fully saturated rings. The van der Waals surface area contributed by atoms with Crippen molar-refractivity contribution in [1.29, 1.82) is 0 Å². The Hall–Kier alpha value is -2.67. The molecule has 0 aliphatic carbocycles. The van der Waals surface area contributed by atoms with Gasteiger partial charge in [0, 0.05) is 28.7 Å². The molecule has 6 nitrogen and oxygen atoms in total. The number of carbonyl (C=O) groups excluding carboxylic acids is 2. The number of benzene rings is 2. The largest absolute Gasteiger partial charge is 0.507 e. The molecule has 2 aromatic carbocycles. The fourth-order valence-corrected chi connectivity index (χ4v) is 3.00. The molecule has 128 valence electrons. The van der Waals surface area contributed by atoms with E-state index in [0.717, 1.165) is 10.2 Å². The van der Waals surface area contributed by atoms with Gasteiger partial charge in [-0.3, -0.25) is 9.59 Å². The van der Waals surface area contributed by atoms with Gasteiger partial charge in [0.1, 0.15) is 5.75 Å². The maximum absolute atomic E-state index is 12.2. The van der Waals surface area contributed by atoms with E-state index in [1.54, 1.807) is 17.0 Å². The lowest BCUT2D eigenvalue weighted by molar-refractivity contribution is -0.126. The number of amides is 2. The van der Waals surface area contributed by atoms with E-state index in [1.165, 1.54) is 12.3 Å². The Labute approximate surface area is 153 Å². The summed E-state index contributed by atoms with van der Waals surface area (Å²) in [5.74, 6) is -0.800. The van der Waals surface area contributed by atoms with Crippen LogP contribution in [-0.2, 0) is 9.59 Å². The van der Waals surface area contributed by atoms with Crippen LogP contribution in [0.2, 0.25) is 0 Å². The van der Waals surface area contributed by atoms with Crippen LogP contribution in [0, 0.1) is 5.92 Å². The van der Waals surface area contributed by atoms with Crippen LogP contribution in [0.1, 0.15) is 12.0 Å². The second kappa shape index (κ2) is 7.48. The van der Waals surface area contributed by atoms with Gasteiger partial charge in [0.2, 0.25) is 11.8 Å². The molecule has 0 aromatic heterocycles. The number of aromatic hydroxyl groups is 1. The van der Waals surface area contributed by atoms with Crippen LogP contribution in [0.5, 0.6) is 5.75 Å². The number of hydrogen-bond acceptors (Lipinski definition) is 4. The van der Waals surface area contributed by atoms with Gasteiger partial charge in [0.05, 0.1) is 12.1 Å². The number of anilines is 1. The second-order valence-electron chi connectivity index (χ2n) is 5.68. The number of phenols is 1. The summed E-state index contributed by atoms with van der Waals surface area (Å²) in [6.07, 6.45) is 1.52. The summed E-state index contributed by atoms with van der Waals surface area (Å²) in [5.41, 5.74) is 3.70. The SMILES string of the molecule is O=C(N/N=C\c1cc(Br)ccc1O)[C@@H]1CC(=O)N(c2ccccc2)C1. The van der Waals surface area contributed by atoms with Crippen molar-refractivity contribution in [1.82, 2.24) is 5.43 Å². The summed E-state index contributed by atoms with van der Waals surface area (Å²) in [7, 11) is 0. The fourth-order valence-electron chi connectivity index (χ4n) is 2.63. The number of phenolic OH excluding ortho intramolecular Hbond substituents is 1. The van der Waals surface area contributed by atoms with Crippen molar-refractivity contribution in [2.45, 2.75) is 6.42 Å². The summed E-state index contributed by atoms with van der Waals surface area (Å²) in [6.45, 7) is 0.326. The first-order valence-electron chi connectivity index (χ1n) is 7.71. The fraction of sp³-hybridized carbons (Fsp3) is 0.167. The topological polar surface area (TPSA) is 82.0 Å². The summed E-state index contributed by atoms with van der Waals surface area (Å²) in [5, 5.41) is 13.6. The molecule has 0 bridgehead atoms. The van der Waals surface area contributed by atoms with E-state index >= 15 is 0 Å². The van der Waals surface area contributed by atoms with E-state index in [9.17, 15) is 14.7 Å². The monoisotopic (exact) mass is 401 g/mol. The average molecular weight is 402 g/mol. The van der Waals surface area contributed by atoms with Crippen LogP contribution in [0.25, 0.3) is 0 Å². The van der Waals surface area contributed by atoms with Crippen molar-refractivity contribution in [2.24, 2.45) is 11.0 Å². The quantitative estimate of drug-likeness (QED) is 0.610. The summed E-state index contributed by atoms with van der Waals surface area (Å²) < 4.78 is 0.790. The minimum atomic E-state index is -0.457. The molecular weight excluding hydrogens is 386 g/mol. The lowest BCUT2D eigenvalue weighted by Crippen LogP contribution is -2.30. The number of carbonyl (C=O) groups is 2. The van der Waals surface area contributed by atoms with Gasteiger partial charge < -0.3 is 10.0 Å². The van der Waals surface area contributed by atoms with E-state index in [2.05, 4.69) is 26.5 Å². The van der Waals surface area contributed by atoms with Gasteiger partial charge >= 0.3 is 0 Å². The van der Waals surface area contributed by atoms with E-state index in [1.807, 2.05) is 30.3 Å². The third-order valence-electron chi connectivity index (χ3n) is 3.93. The van der Waals surface area contributed by atoms with Gasteiger partial charge in [-0.05, 0) is 30.3 Å². The first-order valence-corrected chi connectivity index (χ1v) is 8.51. The highest BCUT2D eigenvalue weighted by atomic mass is 79.9. The van der Waals surface area contributed by atoms with Crippen LogP contribution in [-0.4, -0.2) is 29.7 Å². The van der Waals surface area contributed by atoms with Gasteiger partial charge in [0.15, 0.2) is 0 Å². The maximum Gasteiger partial charge on any atom is 0.245 e. The van der Waals surface area contributed by atoms with Crippen molar-refractivity contribution in [3.8, 4) is 5.75 Å². The molecule has 25 heavy (non-hydrogen) atoms. The number of para-hydroxylation sites is 1. The zero-order valence-corrected chi connectivity index (χ0v) is 14.8. The number of rotatable bonds is 4. The molecule has 1 atom stereocenters. The predicted octanol–water partition coefficient (Wildman–Crippen LogP) is 2.66. The van der Waals surface area contributed by atoms with E-state index < -0.39 is 5.92 Å². The first-order chi connectivity index (χ1) is 12.0. The first kappa shape index (κ1) is 17.2. The van der Waals surface area contributed by atoms with E-state index in [0.29, 0.717) is 12.1 Å². The van der Waals surface area contributed by atoms with Crippen LogP contribution in [0.15, 0.2) is 58.1 Å². The van der Waals surface area contributed by atoms with Gasteiger partial charge in [-0.2, -0.15) is 5.10 Å². The third kappa shape index (κ3) is 4.06. The van der Waals surface area contributed by atoms with Crippen molar-refractivity contribution in [3.63, 3.8) is 0 Å². The Balaban J connectivity index is 1.62. The zero-order chi connectivity index (χ0) is 17.8. The van der Waals surface area contributed by atoms with Crippen LogP contribution < -0.4 is 10.3 Å². The normalized spacial score (nSPS) is 17.2. The van der Waals surface area contributed by atoms with Crippen molar-refractivity contribution in [2.75, 3.05) is 11.4 Å². The smallest absolute Gasteiger partial charge is 0.245 e. The highest BCUT2D eigenvalue weighted by Crippen LogP contribution is 2.25. The highest BCUT2D eigenvalue weighted by molar-refractivity contribution is 9.10. The van der Waals surface area contributed by atoms with E-state index in [4.69, 9.17) is 0 Å². The molecule has 1 saturated heterocycles. The molecule has 2 aromatic rings.